The van der Waals surface area contributed by atoms with Crippen LogP contribution in [0.1, 0.15) is 32.6 Å². The number of alkyl halides is 1. The van der Waals surface area contributed by atoms with E-state index >= 15 is 0 Å². The Labute approximate surface area is 129 Å². The second-order valence-electron chi connectivity index (χ2n) is 5.32. The molecule has 0 aliphatic heterocycles. The third kappa shape index (κ3) is 3.27. The van der Waals surface area contributed by atoms with Gasteiger partial charge >= 0.3 is 0 Å². The van der Waals surface area contributed by atoms with Crippen molar-refractivity contribution < 1.29 is 4.74 Å². The Balaban J connectivity index is 2.64. The van der Waals surface area contributed by atoms with Crippen LogP contribution >= 0.6 is 11.6 Å². The molecule has 0 fully saturated rings. The fourth-order valence-corrected chi connectivity index (χ4v) is 2.62. The molecular weight excluding hydrogens is 288 g/mol. The van der Waals surface area contributed by atoms with Crippen molar-refractivity contribution in [3.63, 3.8) is 0 Å². The van der Waals surface area contributed by atoms with Crippen LogP contribution in [0.2, 0.25) is 0 Å². The quantitative estimate of drug-likeness (QED) is 0.769. The molecule has 5 heteroatoms. The van der Waals surface area contributed by atoms with Crippen molar-refractivity contribution in [1.82, 2.24) is 9.55 Å². The number of ether oxygens (including phenoxy) is 1. The fraction of sp³-hybridized carbons (Fsp3) is 0.500. The summed E-state index contributed by atoms with van der Waals surface area (Å²) >= 11 is 6.02. The van der Waals surface area contributed by atoms with Crippen LogP contribution < -0.4 is 5.56 Å². The van der Waals surface area contributed by atoms with Crippen molar-refractivity contribution in [2.45, 2.75) is 32.7 Å². The first-order valence-corrected chi connectivity index (χ1v) is 7.77. The van der Waals surface area contributed by atoms with Gasteiger partial charge < -0.3 is 4.74 Å². The molecule has 0 saturated heterocycles. The van der Waals surface area contributed by atoms with Crippen molar-refractivity contribution >= 4 is 22.5 Å². The molecular formula is C16H21ClN2O2. The number of rotatable bonds is 6. The molecule has 114 valence electrons. The fourth-order valence-electron chi connectivity index (χ4n) is 2.43. The molecule has 1 heterocycles. The Bertz CT molecular complexity index is 667. The van der Waals surface area contributed by atoms with E-state index in [0.29, 0.717) is 29.9 Å². The Morgan fingerprint density at radius 1 is 1.33 bits per heavy atom. The number of benzene rings is 1. The molecule has 4 nitrogen and oxygen atoms in total. The average Bonchev–Trinajstić information content (AvgIpc) is 2.49. The maximum absolute atomic E-state index is 12.8. The van der Waals surface area contributed by atoms with Gasteiger partial charge in [-0.15, -0.1) is 11.6 Å². The predicted molar refractivity (Wildman–Crippen MR) is 85.9 cm³/mol. The van der Waals surface area contributed by atoms with Crippen LogP contribution in [0.15, 0.2) is 29.1 Å². The molecule has 0 bridgehead atoms. The van der Waals surface area contributed by atoms with Gasteiger partial charge in [0.2, 0.25) is 0 Å². The predicted octanol–water partition coefficient (Wildman–Crippen LogP) is 3.37. The van der Waals surface area contributed by atoms with Gasteiger partial charge in [0.25, 0.3) is 5.56 Å². The molecule has 1 unspecified atom stereocenters. The van der Waals surface area contributed by atoms with Gasteiger partial charge in [0.15, 0.2) is 0 Å². The summed E-state index contributed by atoms with van der Waals surface area (Å²) in [6.45, 7) is 7.20. The molecule has 1 aromatic carbocycles. The Kier molecular flexibility index (Phi) is 5.37. The van der Waals surface area contributed by atoms with Crippen LogP contribution in [-0.4, -0.2) is 22.8 Å². The molecule has 2 aromatic rings. The molecule has 0 aliphatic rings. The lowest BCUT2D eigenvalue weighted by Gasteiger charge is -2.25. The normalized spacial score (nSPS) is 13.0. The Hall–Kier alpha value is -1.39. The minimum atomic E-state index is -0.0664. The van der Waals surface area contributed by atoms with Crippen LogP contribution in [0, 0.1) is 5.92 Å². The van der Waals surface area contributed by atoms with Crippen molar-refractivity contribution in [1.29, 1.82) is 0 Å². The summed E-state index contributed by atoms with van der Waals surface area (Å²) in [6, 6.07) is 7.30. The first kappa shape index (κ1) is 16.0. The van der Waals surface area contributed by atoms with Crippen molar-refractivity contribution in [3.05, 3.63) is 40.4 Å². The summed E-state index contributed by atoms with van der Waals surface area (Å²) in [5, 5.41) is 0.619. The molecule has 1 aromatic heterocycles. The summed E-state index contributed by atoms with van der Waals surface area (Å²) in [4.78, 5) is 17.4. The number of para-hydroxylation sites is 1. The van der Waals surface area contributed by atoms with Gasteiger partial charge in [-0.25, -0.2) is 4.98 Å². The number of fused-ring (bicyclic) bond motifs is 1. The highest BCUT2D eigenvalue weighted by Gasteiger charge is 2.22. The standard InChI is InChI=1S/C16H21ClN2O2/c1-4-21-10-14(11(2)3)19-15(9-17)18-13-8-6-5-7-12(13)16(19)20/h5-8,11,14H,4,9-10H2,1-3H3. The summed E-state index contributed by atoms with van der Waals surface area (Å²) in [5.41, 5.74) is 0.642. The molecule has 0 spiro atoms. The van der Waals surface area contributed by atoms with Gasteiger partial charge in [0, 0.05) is 6.61 Å². The lowest BCUT2D eigenvalue weighted by Crippen LogP contribution is -2.34. The van der Waals surface area contributed by atoms with Crippen LogP contribution in [0.25, 0.3) is 10.9 Å². The topological polar surface area (TPSA) is 44.1 Å². The zero-order valence-electron chi connectivity index (χ0n) is 12.7. The molecule has 0 aliphatic carbocycles. The van der Waals surface area contributed by atoms with Crippen LogP contribution in [0.4, 0.5) is 0 Å². The van der Waals surface area contributed by atoms with Crippen molar-refractivity contribution in [2.75, 3.05) is 13.2 Å². The monoisotopic (exact) mass is 308 g/mol. The summed E-state index contributed by atoms with van der Waals surface area (Å²) in [5.74, 6) is 1.05. The lowest BCUT2D eigenvalue weighted by molar-refractivity contribution is 0.0938. The molecule has 0 saturated carbocycles. The van der Waals surface area contributed by atoms with Crippen molar-refractivity contribution in [2.24, 2.45) is 5.92 Å². The second kappa shape index (κ2) is 7.05. The first-order valence-electron chi connectivity index (χ1n) is 7.24. The number of halogens is 1. The van der Waals surface area contributed by atoms with E-state index in [4.69, 9.17) is 16.3 Å². The highest BCUT2D eigenvalue weighted by atomic mass is 35.5. The molecule has 2 rings (SSSR count). The zero-order valence-corrected chi connectivity index (χ0v) is 13.4. The molecule has 21 heavy (non-hydrogen) atoms. The summed E-state index contributed by atoms with van der Waals surface area (Å²) in [6.07, 6.45) is 0. The van der Waals surface area contributed by atoms with E-state index in [-0.39, 0.29) is 23.4 Å². The molecule has 0 amide bonds. The van der Waals surface area contributed by atoms with E-state index in [9.17, 15) is 4.79 Å². The number of hydrogen-bond donors (Lipinski definition) is 0. The number of nitrogens with zero attached hydrogens (tertiary/aromatic N) is 2. The number of aromatic nitrogens is 2. The van der Waals surface area contributed by atoms with Crippen LogP contribution in [-0.2, 0) is 10.6 Å². The maximum Gasteiger partial charge on any atom is 0.261 e. The highest BCUT2D eigenvalue weighted by Crippen LogP contribution is 2.20. The number of hydrogen-bond acceptors (Lipinski definition) is 3. The van der Waals surface area contributed by atoms with Gasteiger partial charge in [0.1, 0.15) is 5.82 Å². The van der Waals surface area contributed by atoms with Crippen LogP contribution in [0.5, 0.6) is 0 Å². The highest BCUT2D eigenvalue weighted by molar-refractivity contribution is 6.16. The largest absolute Gasteiger partial charge is 0.380 e. The zero-order chi connectivity index (χ0) is 15.4. The summed E-state index contributed by atoms with van der Waals surface area (Å²) in [7, 11) is 0. The molecule has 0 N–H and O–H groups in total. The van der Waals surface area contributed by atoms with E-state index in [1.165, 1.54) is 0 Å². The van der Waals surface area contributed by atoms with Gasteiger partial charge in [-0.05, 0) is 25.0 Å². The van der Waals surface area contributed by atoms with E-state index < -0.39 is 0 Å². The average molecular weight is 309 g/mol. The van der Waals surface area contributed by atoms with Crippen LogP contribution in [0.3, 0.4) is 0 Å². The third-order valence-electron chi connectivity index (χ3n) is 3.59. The van der Waals surface area contributed by atoms with E-state index in [2.05, 4.69) is 18.8 Å². The third-order valence-corrected chi connectivity index (χ3v) is 3.83. The second-order valence-corrected chi connectivity index (χ2v) is 5.59. The van der Waals surface area contributed by atoms with Gasteiger partial charge in [-0.3, -0.25) is 9.36 Å². The molecule has 1 atom stereocenters. The lowest BCUT2D eigenvalue weighted by atomic mass is 10.0. The van der Waals surface area contributed by atoms with Crippen molar-refractivity contribution in [3.8, 4) is 0 Å². The van der Waals surface area contributed by atoms with Gasteiger partial charge in [-0.2, -0.15) is 0 Å². The Morgan fingerprint density at radius 3 is 2.67 bits per heavy atom. The van der Waals surface area contributed by atoms with Gasteiger partial charge in [0.05, 0.1) is 29.4 Å². The van der Waals surface area contributed by atoms with E-state index in [0.717, 1.165) is 0 Å². The first-order chi connectivity index (χ1) is 10.1. The SMILES string of the molecule is CCOCC(C(C)C)n1c(CCl)nc2ccccc2c1=O. The summed E-state index contributed by atoms with van der Waals surface area (Å²) < 4.78 is 7.25. The van der Waals surface area contributed by atoms with Gasteiger partial charge in [-0.1, -0.05) is 26.0 Å². The minimum absolute atomic E-state index is 0.0466. The van der Waals surface area contributed by atoms with E-state index in [1.807, 2.05) is 25.1 Å². The maximum atomic E-state index is 12.8. The minimum Gasteiger partial charge on any atom is -0.380 e. The molecule has 0 radical (unpaired) electrons. The van der Waals surface area contributed by atoms with E-state index in [1.54, 1.807) is 10.6 Å². The Morgan fingerprint density at radius 2 is 2.05 bits per heavy atom. The smallest absolute Gasteiger partial charge is 0.261 e.